The van der Waals surface area contributed by atoms with Gasteiger partial charge in [0.15, 0.2) is 30.7 Å². The van der Waals surface area contributed by atoms with Gasteiger partial charge in [0.1, 0.15) is 88.3 Å². The Labute approximate surface area is 344 Å². The number of hydrogen-bond donors (Lipinski definition) is 12. The van der Waals surface area contributed by atoms with E-state index in [4.69, 9.17) is 47.0 Å². The molecule has 61 heavy (non-hydrogen) atoms. The highest BCUT2D eigenvalue weighted by molar-refractivity contribution is 5.88. The van der Waals surface area contributed by atoms with Crippen LogP contribution in [0.15, 0.2) is 45.6 Å². The number of fused-ring (bicyclic) bond motifs is 1. The van der Waals surface area contributed by atoms with Crippen LogP contribution in [0, 0.1) is 0 Å². The van der Waals surface area contributed by atoms with E-state index in [9.17, 15) is 66.1 Å². The van der Waals surface area contributed by atoms with Crippen molar-refractivity contribution < 1.29 is 108 Å². The fraction of sp³-hybridized carbons (Fsp3) is 0.605. The zero-order valence-electron chi connectivity index (χ0n) is 32.4. The van der Waals surface area contributed by atoms with Crippen molar-refractivity contribution in [1.29, 1.82) is 0 Å². The Morgan fingerprint density at radius 3 is 2.11 bits per heavy atom. The predicted molar refractivity (Wildman–Crippen MR) is 197 cm³/mol. The fourth-order valence-corrected chi connectivity index (χ4v) is 7.24. The second kappa shape index (κ2) is 17.7. The Balaban J connectivity index is 1.20. The Kier molecular flexibility index (Phi) is 13.1. The van der Waals surface area contributed by atoms with Gasteiger partial charge in [0.25, 0.3) is 0 Å². The van der Waals surface area contributed by atoms with E-state index in [-0.39, 0.29) is 28.4 Å². The molecule has 12 N–H and O–H groups in total. The Hall–Kier alpha value is -3.83. The van der Waals surface area contributed by atoms with Crippen LogP contribution in [0.5, 0.6) is 23.0 Å². The van der Waals surface area contributed by atoms with Crippen LogP contribution in [0.4, 0.5) is 0 Å². The molecular weight excluding hydrogens is 824 g/mol. The van der Waals surface area contributed by atoms with Crippen LogP contribution < -0.4 is 14.9 Å². The number of ether oxygens (including phenoxy) is 9. The topological polar surface area (TPSA) is 356 Å². The molecule has 7 rings (SSSR count). The van der Waals surface area contributed by atoms with Gasteiger partial charge in [-0.05, 0) is 31.2 Å². The molecule has 4 aliphatic rings. The molecule has 1 aromatic heterocycles. The highest BCUT2D eigenvalue weighted by Crippen LogP contribution is 2.39. The molecule has 5 heterocycles. The quantitative estimate of drug-likeness (QED) is 0.0775. The van der Waals surface area contributed by atoms with Gasteiger partial charge in [-0.3, -0.25) is 4.79 Å². The van der Waals surface area contributed by atoms with Gasteiger partial charge < -0.3 is 108 Å². The van der Waals surface area contributed by atoms with Gasteiger partial charge in [-0.1, -0.05) is 0 Å². The van der Waals surface area contributed by atoms with Gasteiger partial charge in [-0.2, -0.15) is 0 Å². The van der Waals surface area contributed by atoms with E-state index in [1.54, 1.807) is 0 Å². The van der Waals surface area contributed by atoms with Crippen molar-refractivity contribution in [1.82, 2.24) is 0 Å². The molecular formula is C38H48O23. The van der Waals surface area contributed by atoms with Gasteiger partial charge >= 0.3 is 0 Å². The van der Waals surface area contributed by atoms with Crippen LogP contribution in [-0.2, 0) is 33.2 Å². The summed E-state index contributed by atoms with van der Waals surface area (Å²) in [7, 11) is 1.32. The smallest absolute Gasteiger partial charge is 0.239 e. The van der Waals surface area contributed by atoms with Gasteiger partial charge in [0, 0.05) is 17.7 Å². The molecule has 4 saturated heterocycles. The molecule has 338 valence electrons. The monoisotopic (exact) mass is 872 g/mol. The molecule has 0 radical (unpaired) electrons. The second-order valence-corrected chi connectivity index (χ2v) is 15.3. The third-order valence-electron chi connectivity index (χ3n) is 11.1. The molecule has 4 fully saturated rings. The van der Waals surface area contributed by atoms with Crippen molar-refractivity contribution in [2.45, 2.75) is 104 Å². The minimum Gasteiger partial charge on any atom is -0.508 e. The maximum atomic E-state index is 14.3. The maximum Gasteiger partial charge on any atom is 0.239 e. The third-order valence-corrected chi connectivity index (χ3v) is 11.1. The van der Waals surface area contributed by atoms with E-state index < -0.39 is 153 Å². The van der Waals surface area contributed by atoms with E-state index in [2.05, 4.69) is 0 Å². The number of rotatable bonds is 13. The first-order chi connectivity index (χ1) is 28.9. The van der Waals surface area contributed by atoms with Crippen molar-refractivity contribution in [3.05, 3.63) is 46.6 Å². The average molecular weight is 873 g/mol. The summed E-state index contributed by atoms with van der Waals surface area (Å²) < 4.78 is 56.6. The predicted octanol–water partition coefficient (Wildman–Crippen LogP) is -4.16. The Morgan fingerprint density at radius 1 is 0.770 bits per heavy atom. The number of hydrogen-bond acceptors (Lipinski definition) is 23. The lowest BCUT2D eigenvalue weighted by Crippen LogP contribution is -2.63. The molecule has 2 aromatic carbocycles. The Morgan fingerprint density at radius 2 is 1.44 bits per heavy atom. The number of aliphatic hydroxyl groups excluding tert-OH is 8. The van der Waals surface area contributed by atoms with Gasteiger partial charge in [0.05, 0.1) is 46.2 Å². The summed E-state index contributed by atoms with van der Waals surface area (Å²) in [6.07, 6.45) is -24.2. The Bertz CT molecular complexity index is 2050. The minimum atomic E-state index is -2.29. The maximum absolute atomic E-state index is 14.3. The first-order valence-corrected chi connectivity index (χ1v) is 19.0. The normalized spacial score (nSPS) is 39.1. The molecule has 0 aliphatic carbocycles. The molecule has 3 aromatic rings. The van der Waals surface area contributed by atoms with Crippen LogP contribution in [-0.4, -0.2) is 199 Å². The fourth-order valence-electron chi connectivity index (χ4n) is 7.24. The average Bonchev–Trinajstić information content (AvgIpc) is 3.69. The summed E-state index contributed by atoms with van der Waals surface area (Å²) in [5.41, 5.74) is -5.35. The summed E-state index contributed by atoms with van der Waals surface area (Å²) in [6, 6.07) is 7.73. The van der Waals surface area contributed by atoms with E-state index in [1.165, 1.54) is 44.4 Å². The molecule has 4 aliphatic heterocycles. The highest BCUT2D eigenvalue weighted by Gasteiger charge is 2.56. The molecule has 13 unspecified atom stereocenters. The van der Waals surface area contributed by atoms with Gasteiger partial charge in [-0.15, -0.1) is 0 Å². The lowest BCUT2D eigenvalue weighted by molar-refractivity contribution is -0.335. The number of phenolic OH excluding ortho intramolecular Hbond substituents is 2. The van der Waals surface area contributed by atoms with E-state index in [1.807, 2.05) is 0 Å². The zero-order valence-corrected chi connectivity index (χ0v) is 32.4. The molecule has 0 spiro atoms. The van der Waals surface area contributed by atoms with E-state index >= 15 is 0 Å². The van der Waals surface area contributed by atoms with Crippen LogP contribution >= 0.6 is 0 Å². The lowest BCUT2D eigenvalue weighted by Gasteiger charge is -2.44. The SMILES string of the molecule is COc1cc(O)c2c(=O)c(OC3OC(COC4OC(C)C(O)C(O)C4O)C(O)C(O)C3O[C@@H]3OC[C@](O)(COC4OCC(O)(CO)C4O)[C@@H]3O)c(-c3ccc(O)cc3)oc2c1. The largest absolute Gasteiger partial charge is 0.508 e. The third kappa shape index (κ3) is 8.63. The first kappa shape index (κ1) is 45.2. The first-order valence-electron chi connectivity index (χ1n) is 19.0. The summed E-state index contributed by atoms with van der Waals surface area (Å²) >= 11 is 0. The second-order valence-electron chi connectivity index (χ2n) is 15.3. The zero-order chi connectivity index (χ0) is 44.1. The minimum absolute atomic E-state index is 0.116. The lowest BCUT2D eigenvalue weighted by atomic mass is 9.97. The molecule has 23 nitrogen and oxygen atoms in total. The summed E-state index contributed by atoms with van der Waals surface area (Å²) in [6.45, 7) is -2.15. The van der Waals surface area contributed by atoms with Crippen LogP contribution in [0.1, 0.15) is 6.92 Å². The number of aromatic hydroxyl groups is 2. The van der Waals surface area contributed by atoms with Gasteiger partial charge in [0.2, 0.25) is 17.5 Å². The highest BCUT2D eigenvalue weighted by atomic mass is 16.8. The van der Waals surface area contributed by atoms with Crippen molar-refractivity contribution in [3.8, 4) is 34.3 Å². The summed E-state index contributed by atoms with van der Waals surface area (Å²) in [5, 5.41) is 127. The van der Waals surface area contributed by atoms with Crippen molar-refractivity contribution in [2.75, 3.05) is 40.1 Å². The van der Waals surface area contributed by atoms with Crippen LogP contribution in [0.25, 0.3) is 22.3 Å². The van der Waals surface area contributed by atoms with Crippen molar-refractivity contribution in [2.24, 2.45) is 0 Å². The van der Waals surface area contributed by atoms with Gasteiger partial charge in [-0.25, -0.2) is 0 Å². The van der Waals surface area contributed by atoms with Crippen molar-refractivity contribution in [3.63, 3.8) is 0 Å². The summed E-state index contributed by atoms with van der Waals surface area (Å²) in [5.74, 6) is -1.58. The van der Waals surface area contributed by atoms with Crippen LogP contribution in [0.3, 0.4) is 0 Å². The van der Waals surface area contributed by atoms with E-state index in [0.717, 1.165) is 6.07 Å². The number of phenols is 2. The molecule has 0 amide bonds. The molecule has 16 atom stereocenters. The summed E-state index contributed by atoms with van der Waals surface area (Å²) in [4.78, 5) is 14.3. The molecule has 23 heteroatoms. The van der Waals surface area contributed by atoms with Crippen molar-refractivity contribution >= 4 is 11.0 Å². The number of aliphatic hydroxyl groups is 10. The number of methoxy groups -OCH3 is 1. The number of benzene rings is 2. The van der Waals surface area contributed by atoms with E-state index in [0.29, 0.717) is 0 Å². The molecule has 0 bridgehead atoms. The van der Waals surface area contributed by atoms with Crippen LogP contribution in [0.2, 0.25) is 0 Å². The molecule has 0 saturated carbocycles. The standard InChI is InChI=1S/C38H48O23/c1-14-22(42)25(45)27(47)33(57-14)53-9-20-23(43)26(46)30(61-36-32(49)38(51,13-56-36)12-55-35-31(48)37(50,10-39)11-54-35)34(59-20)60-29-24(44)21-18(41)7-17(52-2)8-19(21)58-28(29)15-3-5-16(40)6-4-15/h3-8,14,20,22-23,25-27,30-36,39-43,45-51H,9-13H2,1-2H3/t14?,20?,22?,23?,25?,26?,27?,30?,31?,32-,33?,34?,35?,36+,37?,38-/m1/s1.